The largest absolute Gasteiger partial charge is 0.490 e. The molecular formula is C28H32F3N3O3S2. The van der Waals surface area contributed by atoms with Gasteiger partial charge in [-0.05, 0) is 66.6 Å². The molecule has 6 nitrogen and oxygen atoms in total. The summed E-state index contributed by atoms with van der Waals surface area (Å²) in [4.78, 5) is 29.5. The van der Waals surface area contributed by atoms with Crippen molar-refractivity contribution >= 4 is 40.7 Å². The molecule has 0 saturated carbocycles. The third-order valence-corrected chi connectivity index (χ3v) is 8.11. The second-order valence-electron chi connectivity index (χ2n) is 9.28. The number of rotatable bonds is 7. The average Bonchev–Trinajstić information content (AvgIpc) is 3.41. The van der Waals surface area contributed by atoms with Gasteiger partial charge < -0.3 is 15.3 Å². The van der Waals surface area contributed by atoms with Gasteiger partial charge in [-0.1, -0.05) is 24.3 Å². The van der Waals surface area contributed by atoms with E-state index in [9.17, 15) is 18.0 Å². The van der Waals surface area contributed by atoms with Crippen LogP contribution < -0.4 is 10.2 Å². The predicted molar refractivity (Wildman–Crippen MR) is 152 cm³/mol. The summed E-state index contributed by atoms with van der Waals surface area (Å²) in [5.74, 6) is -2.70. The molecule has 0 radical (unpaired) electrons. The molecule has 0 unspecified atom stereocenters. The summed E-state index contributed by atoms with van der Waals surface area (Å²) >= 11 is 3.34. The van der Waals surface area contributed by atoms with E-state index in [1.165, 1.54) is 16.1 Å². The molecule has 210 valence electrons. The number of benzene rings is 2. The van der Waals surface area contributed by atoms with E-state index >= 15 is 0 Å². The van der Waals surface area contributed by atoms with Gasteiger partial charge in [0.2, 0.25) is 0 Å². The highest BCUT2D eigenvalue weighted by molar-refractivity contribution is 7.98. The Hall–Kier alpha value is -3.02. The van der Waals surface area contributed by atoms with Crippen LogP contribution in [0.3, 0.4) is 0 Å². The van der Waals surface area contributed by atoms with Crippen LogP contribution in [0.5, 0.6) is 0 Å². The maximum Gasteiger partial charge on any atom is 0.490 e. The molecule has 3 aromatic rings. The van der Waals surface area contributed by atoms with Gasteiger partial charge in [-0.25, -0.2) is 4.79 Å². The fourth-order valence-electron chi connectivity index (χ4n) is 4.02. The number of carboxylic acid groups (broad SMARTS) is 1. The van der Waals surface area contributed by atoms with Gasteiger partial charge in [0.05, 0.1) is 4.88 Å². The highest BCUT2D eigenvalue weighted by Gasteiger charge is 2.38. The van der Waals surface area contributed by atoms with Crippen LogP contribution >= 0.6 is 23.1 Å². The van der Waals surface area contributed by atoms with Crippen molar-refractivity contribution in [2.75, 3.05) is 38.3 Å². The quantitative estimate of drug-likeness (QED) is 0.324. The van der Waals surface area contributed by atoms with Crippen molar-refractivity contribution in [2.45, 2.75) is 36.5 Å². The van der Waals surface area contributed by atoms with Crippen LogP contribution in [-0.4, -0.2) is 67.5 Å². The van der Waals surface area contributed by atoms with Crippen molar-refractivity contribution < 1.29 is 27.9 Å². The first kappa shape index (κ1) is 30.5. The number of nitrogens with one attached hydrogen (secondary N) is 1. The van der Waals surface area contributed by atoms with Crippen LogP contribution in [0.4, 0.5) is 18.9 Å². The molecule has 2 N–H and O–H groups in total. The summed E-state index contributed by atoms with van der Waals surface area (Å²) in [6.07, 6.45) is -0.981. The Morgan fingerprint density at radius 3 is 2.13 bits per heavy atom. The third kappa shape index (κ3) is 9.29. The highest BCUT2D eigenvalue weighted by atomic mass is 32.2. The molecule has 1 amide bonds. The average molecular weight is 580 g/mol. The van der Waals surface area contributed by atoms with Crippen LogP contribution in [0.25, 0.3) is 10.4 Å². The Bertz CT molecular complexity index is 1220. The number of carboxylic acids is 1. The molecule has 39 heavy (non-hydrogen) atoms. The standard InChI is InChI=1S/C26H31N3OS2.C2HF3O2/c1-28(2)22-8-6-20(7-9-22)24-12-13-25(32-24)26(30)27-21-14-16-29(17-15-21)18-19-4-10-23(31-3)11-5-19;3-2(4,5)1(6)7/h4-13,21H,14-18H2,1-3H3,(H,27,30);(H,6,7). The normalized spacial score (nSPS) is 14.3. The lowest BCUT2D eigenvalue weighted by Crippen LogP contribution is -2.44. The van der Waals surface area contributed by atoms with E-state index in [1.54, 1.807) is 23.1 Å². The SMILES string of the molecule is CSc1ccc(CN2CCC(NC(=O)c3ccc(-c4ccc(N(C)C)cc4)s3)CC2)cc1.O=C(O)C(F)(F)F. The third-order valence-electron chi connectivity index (χ3n) is 6.23. The number of aliphatic carboxylic acids is 1. The van der Waals surface area contributed by atoms with Crippen LogP contribution in [-0.2, 0) is 11.3 Å². The second kappa shape index (κ2) is 13.9. The number of likely N-dealkylation sites (tertiary alicyclic amines) is 1. The fraction of sp³-hybridized carbons (Fsp3) is 0.357. The zero-order chi connectivity index (χ0) is 28.6. The summed E-state index contributed by atoms with van der Waals surface area (Å²) in [6.45, 7) is 3.02. The van der Waals surface area contributed by atoms with Gasteiger partial charge in [0.15, 0.2) is 0 Å². The Kier molecular flexibility index (Phi) is 10.8. The molecule has 0 bridgehead atoms. The number of hydrogen-bond acceptors (Lipinski definition) is 6. The Balaban J connectivity index is 0.000000532. The molecule has 1 fully saturated rings. The van der Waals surface area contributed by atoms with Crippen molar-refractivity contribution in [1.29, 1.82) is 0 Å². The maximum absolute atomic E-state index is 12.8. The number of alkyl halides is 3. The summed E-state index contributed by atoms with van der Waals surface area (Å²) in [6, 6.07) is 21.5. The van der Waals surface area contributed by atoms with Gasteiger partial charge in [-0.2, -0.15) is 13.2 Å². The Labute approximate surface area is 234 Å². The molecule has 1 saturated heterocycles. The number of carbonyl (C=O) groups is 2. The number of hydrogen-bond donors (Lipinski definition) is 2. The first-order chi connectivity index (χ1) is 18.5. The van der Waals surface area contributed by atoms with Crippen molar-refractivity contribution in [3.63, 3.8) is 0 Å². The first-order valence-corrected chi connectivity index (χ1v) is 14.3. The van der Waals surface area contributed by atoms with Crippen LogP contribution in [0.15, 0.2) is 65.6 Å². The maximum atomic E-state index is 12.8. The van der Waals surface area contributed by atoms with Crippen molar-refractivity contribution in [3.8, 4) is 10.4 Å². The van der Waals surface area contributed by atoms with Gasteiger partial charge in [0.25, 0.3) is 5.91 Å². The lowest BCUT2D eigenvalue weighted by atomic mass is 10.0. The van der Waals surface area contributed by atoms with Gasteiger partial charge in [0.1, 0.15) is 0 Å². The summed E-state index contributed by atoms with van der Waals surface area (Å²) < 4.78 is 31.7. The molecule has 11 heteroatoms. The monoisotopic (exact) mass is 579 g/mol. The molecule has 1 aromatic heterocycles. The summed E-state index contributed by atoms with van der Waals surface area (Å²) in [7, 11) is 4.08. The van der Waals surface area contributed by atoms with E-state index in [0.717, 1.165) is 47.8 Å². The number of nitrogens with zero attached hydrogens (tertiary/aromatic N) is 2. The minimum atomic E-state index is -5.08. The molecule has 2 aromatic carbocycles. The highest BCUT2D eigenvalue weighted by Crippen LogP contribution is 2.30. The molecule has 2 heterocycles. The molecule has 4 rings (SSSR count). The minimum Gasteiger partial charge on any atom is -0.475 e. The summed E-state index contributed by atoms with van der Waals surface area (Å²) in [5.41, 5.74) is 3.68. The number of amides is 1. The Morgan fingerprint density at radius 1 is 1.03 bits per heavy atom. The zero-order valence-corrected chi connectivity index (χ0v) is 23.6. The lowest BCUT2D eigenvalue weighted by molar-refractivity contribution is -0.192. The number of carbonyl (C=O) groups excluding carboxylic acids is 1. The number of thioether (sulfide) groups is 1. The van der Waals surface area contributed by atoms with Crippen molar-refractivity contribution in [3.05, 3.63) is 71.1 Å². The molecule has 0 spiro atoms. The topological polar surface area (TPSA) is 72.9 Å². The van der Waals surface area contributed by atoms with Crippen LogP contribution in [0.2, 0.25) is 0 Å². The fourth-order valence-corrected chi connectivity index (χ4v) is 5.34. The number of anilines is 1. The van der Waals surface area contributed by atoms with E-state index in [4.69, 9.17) is 9.90 Å². The lowest BCUT2D eigenvalue weighted by Gasteiger charge is -2.32. The first-order valence-electron chi connectivity index (χ1n) is 12.3. The smallest absolute Gasteiger partial charge is 0.475 e. The van der Waals surface area contributed by atoms with E-state index in [-0.39, 0.29) is 11.9 Å². The van der Waals surface area contributed by atoms with E-state index in [0.29, 0.717) is 0 Å². The Morgan fingerprint density at radius 2 is 1.62 bits per heavy atom. The van der Waals surface area contributed by atoms with Crippen molar-refractivity contribution in [1.82, 2.24) is 10.2 Å². The minimum absolute atomic E-state index is 0.0530. The van der Waals surface area contributed by atoms with E-state index in [1.807, 2.05) is 20.2 Å². The van der Waals surface area contributed by atoms with Gasteiger partial charge in [-0.3, -0.25) is 9.69 Å². The van der Waals surface area contributed by atoms with E-state index < -0.39 is 12.1 Å². The second-order valence-corrected chi connectivity index (χ2v) is 11.2. The van der Waals surface area contributed by atoms with Crippen LogP contribution in [0, 0.1) is 0 Å². The molecule has 1 aliphatic rings. The number of piperidine rings is 1. The zero-order valence-electron chi connectivity index (χ0n) is 22.0. The van der Waals surface area contributed by atoms with Gasteiger partial charge in [0, 0.05) is 55.2 Å². The molecular weight excluding hydrogens is 547 g/mol. The van der Waals surface area contributed by atoms with Gasteiger partial charge in [-0.15, -0.1) is 23.1 Å². The summed E-state index contributed by atoms with van der Waals surface area (Å²) in [5, 5.41) is 10.4. The molecule has 0 aliphatic carbocycles. The number of thiophene rings is 1. The van der Waals surface area contributed by atoms with E-state index in [2.05, 4.69) is 76.0 Å². The predicted octanol–water partition coefficient (Wildman–Crippen LogP) is 6.23. The van der Waals surface area contributed by atoms with Crippen molar-refractivity contribution in [2.24, 2.45) is 0 Å². The molecule has 1 aliphatic heterocycles. The number of halogens is 3. The molecule has 0 atom stereocenters. The van der Waals surface area contributed by atoms with Crippen LogP contribution in [0.1, 0.15) is 28.1 Å². The van der Waals surface area contributed by atoms with Gasteiger partial charge >= 0.3 is 12.1 Å².